The van der Waals surface area contributed by atoms with E-state index in [0.29, 0.717) is 11.4 Å². The van der Waals surface area contributed by atoms with Crippen LogP contribution in [0.3, 0.4) is 0 Å². The Morgan fingerprint density at radius 2 is 2.21 bits per heavy atom. The highest BCUT2D eigenvalue weighted by Gasteiger charge is 2.08. The minimum absolute atomic E-state index is 0.165. The van der Waals surface area contributed by atoms with Gasteiger partial charge < -0.3 is 9.30 Å². The highest BCUT2D eigenvalue weighted by atomic mass is 16.5. The van der Waals surface area contributed by atoms with Crippen LogP contribution in [0.25, 0.3) is 10.9 Å². The van der Waals surface area contributed by atoms with Gasteiger partial charge in [0.25, 0.3) is 5.56 Å². The molecule has 0 amide bonds. The summed E-state index contributed by atoms with van der Waals surface area (Å²) in [5.41, 5.74) is 1.36. The summed E-state index contributed by atoms with van der Waals surface area (Å²) < 4.78 is 7.09. The average Bonchev–Trinajstić information content (AvgIpc) is 2.94. The largest absolute Gasteiger partial charge is 0.481 e. The summed E-state index contributed by atoms with van der Waals surface area (Å²) in [6.45, 7) is 0.212. The highest BCUT2D eigenvalue weighted by molar-refractivity contribution is 5.80. The molecule has 0 aliphatic heterocycles. The number of nitrogens with zero attached hydrogens (tertiary/aromatic N) is 3. The molecule has 2 aromatic heterocycles. The third-order valence-corrected chi connectivity index (χ3v) is 2.94. The Hall–Kier alpha value is -2.63. The fourth-order valence-electron chi connectivity index (χ4n) is 1.94. The summed E-state index contributed by atoms with van der Waals surface area (Å²) in [6, 6.07) is 9.42. The molecule has 0 fully saturated rings. The Morgan fingerprint density at radius 1 is 1.37 bits per heavy atom. The van der Waals surface area contributed by atoms with Gasteiger partial charge in [-0.2, -0.15) is 15.4 Å². The Morgan fingerprint density at radius 3 is 3.00 bits per heavy atom. The first-order valence-corrected chi connectivity index (χ1v) is 5.82. The standard InChI is InChI=1S/C13H12N4O2/c1-17-11-5-3-2-4-9(11)6-12(13(17)18)19-8-10-7-14-16-15-10/h2-7H,8H2,1H3,(H,14,15,16). The molecule has 2 heterocycles. The molecule has 19 heavy (non-hydrogen) atoms. The number of pyridine rings is 1. The second-order valence-corrected chi connectivity index (χ2v) is 4.18. The number of hydrogen-bond donors (Lipinski definition) is 1. The zero-order valence-electron chi connectivity index (χ0n) is 10.3. The van der Waals surface area contributed by atoms with Crippen molar-refractivity contribution >= 4 is 10.9 Å². The van der Waals surface area contributed by atoms with E-state index < -0.39 is 0 Å². The molecule has 0 saturated carbocycles. The van der Waals surface area contributed by atoms with Crippen molar-refractivity contribution in [3.63, 3.8) is 0 Å². The average molecular weight is 256 g/mol. The van der Waals surface area contributed by atoms with Gasteiger partial charge in [-0.3, -0.25) is 4.79 Å². The van der Waals surface area contributed by atoms with Gasteiger partial charge in [-0.25, -0.2) is 0 Å². The topological polar surface area (TPSA) is 72.8 Å². The van der Waals surface area contributed by atoms with E-state index in [1.807, 2.05) is 24.3 Å². The SMILES string of the molecule is Cn1c(=O)c(OCc2cn[nH]n2)cc2ccccc21. The molecule has 0 aliphatic carbocycles. The van der Waals surface area contributed by atoms with E-state index in [0.717, 1.165) is 10.9 Å². The minimum atomic E-state index is -0.165. The van der Waals surface area contributed by atoms with Gasteiger partial charge in [0.15, 0.2) is 5.75 Å². The molecule has 3 aromatic rings. The number of aromatic amines is 1. The first-order chi connectivity index (χ1) is 9.25. The molecular weight excluding hydrogens is 244 g/mol. The van der Waals surface area contributed by atoms with Crippen molar-refractivity contribution in [2.75, 3.05) is 0 Å². The molecule has 96 valence electrons. The second kappa shape index (κ2) is 4.56. The maximum Gasteiger partial charge on any atom is 0.293 e. The van der Waals surface area contributed by atoms with E-state index in [2.05, 4.69) is 15.4 Å². The molecule has 6 heteroatoms. The van der Waals surface area contributed by atoms with Gasteiger partial charge in [0.05, 0.1) is 11.7 Å². The molecule has 6 nitrogen and oxygen atoms in total. The first kappa shape index (κ1) is 11.5. The molecule has 0 spiro atoms. The number of nitrogens with one attached hydrogen (secondary N) is 1. The Kier molecular flexibility index (Phi) is 2.75. The van der Waals surface area contributed by atoms with Gasteiger partial charge in [0, 0.05) is 12.4 Å². The lowest BCUT2D eigenvalue weighted by Gasteiger charge is -2.09. The van der Waals surface area contributed by atoms with Crippen LogP contribution in [0.15, 0.2) is 41.3 Å². The molecule has 1 N–H and O–H groups in total. The van der Waals surface area contributed by atoms with Crippen LogP contribution < -0.4 is 10.3 Å². The van der Waals surface area contributed by atoms with E-state index >= 15 is 0 Å². The van der Waals surface area contributed by atoms with Crippen LogP contribution in [-0.2, 0) is 13.7 Å². The van der Waals surface area contributed by atoms with Gasteiger partial charge in [0.2, 0.25) is 0 Å². The third-order valence-electron chi connectivity index (χ3n) is 2.94. The maximum atomic E-state index is 12.1. The molecule has 0 saturated heterocycles. The lowest BCUT2D eigenvalue weighted by molar-refractivity contribution is 0.296. The van der Waals surface area contributed by atoms with Crippen LogP contribution in [0, 0.1) is 0 Å². The number of aryl methyl sites for hydroxylation is 1. The number of aromatic nitrogens is 4. The normalized spacial score (nSPS) is 10.8. The van der Waals surface area contributed by atoms with Crippen molar-refractivity contribution in [2.45, 2.75) is 6.61 Å². The smallest absolute Gasteiger partial charge is 0.293 e. The maximum absolute atomic E-state index is 12.1. The van der Waals surface area contributed by atoms with Crippen LogP contribution in [-0.4, -0.2) is 20.0 Å². The van der Waals surface area contributed by atoms with Gasteiger partial charge in [-0.15, -0.1) is 0 Å². The van der Waals surface area contributed by atoms with Crippen molar-refractivity contribution in [1.29, 1.82) is 0 Å². The lowest BCUT2D eigenvalue weighted by atomic mass is 10.2. The first-order valence-electron chi connectivity index (χ1n) is 5.82. The summed E-state index contributed by atoms with van der Waals surface area (Å²) in [5.74, 6) is 0.309. The monoisotopic (exact) mass is 256 g/mol. The fraction of sp³-hybridized carbons (Fsp3) is 0.154. The zero-order valence-corrected chi connectivity index (χ0v) is 10.3. The number of para-hydroxylation sites is 1. The Labute approximate surface area is 108 Å². The predicted molar refractivity (Wildman–Crippen MR) is 69.9 cm³/mol. The number of benzene rings is 1. The van der Waals surface area contributed by atoms with Crippen LogP contribution in [0.4, 0.5) is 0 Å². The van der Waals surface area contributed by atoms with E-state index in [1.165, 1.54) is 0 Å². The lowest BCUT2D eigenvalue weighted by Crippen LogP contribution is -2.19. The summed E-state index contributed by atoms with van der Waals surface area (Å²) >= 11 is 0. The Bertz CT molecular complexity index is 762. The molecule has 1 aromatic carbocycles. The molecule has 0 atom stereocenters. The quantitative estimate of drug-likeness (QED) is 0.765. The summed E-state index contributed by atoms with van der Waals surface area (Å²) in [6.07, 6.45) is 1.56. The molecule has 0 radical (unpaired) electrons. The summed E-state index contributed by atoms with van der Waals surface area (Å²) in [4.78, 5) is 12.1. The molecular formula is C13H12N4O2. The molecule has 3 rings (SSSR count). The van der Waals surface area contributed by atoms with Gasteiger partial charge in [0.1, 0.15) is 12.3 Å². The van der Waals surface area contributed by atoms with Crippen molar-refractivity contribution in [3.05, 3.63) is 52.6 Å². The van der Waals surface area contributed by atoms with Crippen molar-refractivity contribution in [2.24, 2.45) is 7.05 Å². The van der Waals surface area contributed by atoms with E-state index in [9.17, 15) is 4.79 Å². The fourth-order valence-corrected chi connectivity index (χ4v) is 1.94. The number of H-pyrrole nitrogens is 1. The van der Waals surface area contributed by atoms with E-state index in [1.54, 1.807) is 23.9 Å². The number of hydrogen-bond acceptors (Lipinski definition) is 4. The second-order valence-electron chi connectivity index (χ2n) is 4.18. The molecule has 0 aliphatic rings. The highest BCUT2D eigenvalue weighted by Crippen LogP contribution is 2.16. The zero-order chi connectivity index (χ0) is 13.2. The van der Waals surface area contributed by atoms with Gasteiger partial charge >= 0.3 is 0 Å². The predicted octanol–water partition coefficient (Wildman–Crippen LogP) is 1.24. The molecule has 0 unspecified atom stereocenters. The van der Waals surface area contributed by atoms with Crippen molar-refractivity contribution in [3.8, 4) is 5.75 Å². The van der Waals surface area contributed by atoms with Crippen molar-refractivity contribution < 1.29 is 4.74 Å². The van der Waals surface area contributed by atoms with Gasteiger partial charge in [-0.1, -0.05) is 18.2 Å². The third kappa shape index (κ3) is 2.08. The summed E-state index contributed by atoms with van der Waals surface area (Å²) in [7, 11) is 1.73. The summed E-state index contributed by atoms with van der Waals surface area (Å²) in [5, 5.41) is 11.0. The van der Waals surface area contributed by atoms with E-state index in [4.69, 9.17) is 4.74 Å². The molecule has 0 bridgehead atoms. The van der Waals surface area contributed by atoms with Crippen LogP contribution in [0.5, 0.6) is 5.75 Å². The van der Waals surface area contributed by atoms with Gasteiger partial charge in [-0.05, 0) is 12.1 Å². The van der Waals surface area contributed by atoms with Crippen molar-refractivity contribution in [1.82, 2.24) is 20.0 Å². The van der Waals surface area contributed by atoms with Crippen LogP contribution >= 0.6 is 0 Å². The number of rotatable bonds is 3. The van der Waals surface area contributed by atoms with Crippen LogP contribution in [0.2, 0.25) is 0 Å². The van der Waals surface area contributed by atoms with Crippen LogP contribution in [0.1, 0.15) is 5.69 Å². The minimum Gasteiger partial charge on any atom is -0.481 e. The Balaban J connectivity index is 1.99. The number of fused-ring (bicyclic) bond motifs is 1. The van der Waals surface area contributed by atoms with E-state index in [-0.39, 0.29) is 12.2 Å². The number of ether oxygens (including phenoxy) is 1.